The zero-order valence-corrected chi connectivity index (χ0v) is 24.3. The standard InChI is InChI=1S/C32H30N4O4S2/c37-27-17-9-7-15-25(27)21-35(31(41)33-29(39)23-11-3-1-4-12-23)19-20-36(22-26-16-8-10-18-28(26)38)32(42)34-30(40)24-13-5-2-6-14-24/h1-18,37-38H,19-22H2,(H,33,39,41)(H,34,40,42). The highest BCUT2D eigenvalue weighted by Gasteiger charge is 2.20. The summed E-state index contributed by atoms with van der Waals surface area (Å²) in [6.45, 7) is 0.927. The molecule has 0 saturated carbocycles. The molecule has 0 aliphatic carbocycles. The molecule has 0 aliphatic heterocycles. The van der Waals surface area contributed by atoms with Crippen LogP contribution in [0.1, 0.15) is 31.8 Å². The molecule has 0 unspecified atom stereocenters. The van der Waals surface area contributed by atoms with Gasteiger partial charge >= 0.3 is 0 Å². The van der Waals surface area contributed by atoms with Crippen LogP contribution < -0.4 is 10.6 Å². The van der Waals surface area contributed by atoms with Gasteiger partial charge in [0.1, 0.15) is 11.5 Å². The van der Waals surface area contributed by atoms with Crippen LogP contribution in [0.15, 0.2) is 109 Å². The first-order chi connectivity index (χ1) is 20.3. The van der Waals surface area contributed by atoms with Crippen LogP contribution in [0.2, 0.25) is 0 Å². The van der Waals surface area contributed by atoms with E-state index in [1.807, 2.05) is 12.1 Å². The fraction of sp³-hybridized carbons (Fsp3) is 0.125. The highest BCUT2D eigenvalue weighted by Crippen LogP contribution is 2.20. The largest absolute Gasteiger partial charge is 0.508 e. The second kappa shape index (κ2) is 14.7. The Bertz CT molecular complexity index is 1430. The van der Waals surface area contributed by atoms with Gasteiger partial charge in [-0.05, 0) is 60.8 Å². The number of benzene rings is 4. The van der Waals surface area contributed by atoms with Gasteiger partial charge in [-0.1, -0.05) is 72.8 Å². The smallest absolute Gasteiger partial charge is 0.257 e. The van der Waals surface area contributed by atoms with E-state index in [0.717, 1.165) is 0 Å². The molecule has 4 N–H and O–H groups in total. The van der Waals surface area contributed by atoms with Crippen molar-refractivity contribution < 1.29 is 19.8 Å². The highest BCUT2D eigenvalue weighted by molar-refractivity contribution is 7.80. The first-order valence-corrected chi connectivity index (χ1v) is 14.0. The zero-order chi connectivity index (χ0) is 29.9. The summed E-state index contributed by atoms with van der Waals surface area (Å²) in [5.74, 6) is -0.535. The van der Waals surface area contributed by atoms with Crippen molar-refractivity contribution in [2.24, 2.45) is 0 Å². The lowest BCUT2D eigenvalue weighted by Crippen LogP contribution is -2.48. The Morgan fingerprint density at radius 2 is 0.881 bits per heavy atom. The van der Waals surface area contributed by atoms with Crippen LogP contribution in [0.25, 0.3) is 0 Å². The van der Waals surface area contributed by atoms with Gasteiger partial charge in [0.05, 0.1) is 0 Å². The minimum absolute atomic E-state index is 0.0939. The number of hydrogen-bond acceptors (Lipinski definition) is 6. The van der Waals surface area contributed by atoms with Crippen LogP contribution in [0.3, 0.4) is 0 Å². The molecule has 0 aliphatic rings. The Kier molecular flexibility index (Phi) is 10.6. The summed E-state index contributed by atoms with van der Waals surface area (Å²) in [5, 5.41) is 26.7. The lowest BCUT2D eigenvalue weighted by molar-refractivity contribution is 0.0962. The molecule has 4 aromatic carbocycles. The number of nitrogens with one attached hydrogen (secondary N) is 2. The van der Waals surface area contributed by atoms with Crippen LogP contribution in [0.5, 0.6) is 11.5 Å². The third-order valence-electron chi connectivity index (χ3n) is 6.43. The molecule has 0 radical (unpaired) electrons. The average Bonchev–Trinajstić information content (AvgIpc) is 3.01. The van der Waals surface area contributed by atoms with Crippen molar-refractivity contribution in [1.29, 1.82) is 0 Å². The molecule has 4 rings (SSSR count). The number of carbonyl (C=O) groups excluding carboxylic acids is 2. The summed E-state index contributed by atoms with van der Waals surface area (Å²) in [6.07, 6.45) is 0. The third kappa shape index (κ3) is 8.35. The molecule has 8 nitrogen and oxygen atoms in total. The van der Waals surface area contributed by atoms with Crippen molar-refractivity contribution in [3.05, 3.63) is 131 Å². The predicted octanol–water partition coefficient (Wildman–Crippen LogP) is 4.83. The van der Waals surface area contributed by atoms with Gasteiger partial charge in [0.15, 0.2) is 10.2 Å². The quantitative estimate of drug-likeness (QED) is 0.203. The Morgan fingerprint density at radius 1 is 0.548 bits per heavy atom. The summed E-state index contributed by atoms with van der Waals surface area (Å²) < 4.78 is 0. The fourth-order valence-electron chi connectivity index (χ4n) is 4.12. The van der Waals surface area contributed by atoms with E-state index in [9.17, 15) is 19.8 Å². The van der Waals surface area contributed by atoms with Gasteiger partial charge in [0, 0.05) is 48.4 Å². The molecule has 0 heterocycles. The Labute approximate surface area is 255 Å². The third-order valence-corrected chi connectivity index (χ3v) is 7.15. The minimum Gasteiger partial charge on any atom is -0.508 e. The summed E-state index contributed by atoms with van der Waals surface area (Å²) in [6, 6.07) is 31.2. The summed E-state index contributed by atoms with van der Waals surface area (Å²) in [5.41, 5.74) is 2.13. The molecular formula is C32H30N4O4S2. The van der Waals surface area contributed by atoms with E-state index < -0.39 is 0 Å². The van der Waals surface area contributed by atoms with Crippen LogP contribution in [-0.4, -0.2) is 55.1 Å². The van der Waals surface area contributed by atoms with Crippen LogP contribution in [0.4, 0.5) is 0 Å². The number of hydrogen-bond donors (Lipinski definition) is 4. The van der Waals surface area contributed by atoms with Gasteiger partial charge in [-0.25, -0.2) is 0 Å². The second-order valence-corrected chi connectivity index (χ2v) is 10.1. The molecule has 0 spiro atoms. The van der Waals surface area contributed by atoms with E-state index in [2.05, 4.69) is 10.6 Å². The Balaban J connectivity index is 1.55. The number of aromatic hydroxyl groups is 2. The first kappa shape index (κ1) is 30.2. The topological polar surface area (TPSA) is 105 Å². The molecular weight excluding hydrogens is 569 g/mol. The van der Waals surface area contributed by atoms with Crippen molar-refractivity contribution in [1.82, 2.24) is 20.4 Å². The number of phenolic OH excluding ortho intramolecular Hbond substituents is 2. The van der Waals surface area contributed by atoms with Gasteiger partial charge in [-0.15, -0.1) is 0 Å². The predicted molar refractivity (Wildman–Crippen MR) is 170 cm³/mol. The van der Waals surface area contributed by atoms with Gasteiger partial charge in [-0.3, -0.25) is 20.2 Å². The molecule has 214 valence electrons. The molecule has 2 amide bonds. The van der Waals surface area contributed by atoms with E-state index in [0.29, 0.717) is 22.3 Å². The van der Waals surface area contributed by atoms with Crippen LogP contribution >= 0.6 is 24.4 Å². The maximum absolute atomic E-state index is 12.9. The monoisotopic (exact) mass is 598 g/mol. The van der Waals surface area contributed by atoms with Gasteiger partial charge in [-0.2, -0.15) is 0 Å². The lowest BCUT2D eigenvalue weighted by Gasteiger charge is -2.31. The zero-order valence-electron chi connectivity index (χ0n) is 22.6. The summed E-state index contributed by atoms with van der Waals surface area (Å²) >= 11 is 11.3. The van der Waals surface area contributed by atoms with Crippen molar-refractivity contribution in [2.75, 3.05) is 13.1 Å². The van der Waals surface area contributed by atoms with Crippen LogP contribution in [0, 0.1) is 0 Å². The van der Waals surface area contributed by atoms with Crippen molar-refractivity contribution in [3.63, 3.8) is 0 Å². The fourth-order valence-corrected chi connectivity index (χ4v) is 4.62. The average molecular weight is 599 g/mol. The second-order valence-electron chi connectivity index (χ2n) is 9.35. The van der Waals surface area contributed by atoms with Crippen molar-refractivity contribution in [2.45, 2.75) is 13.1 Å². The van der Waals surface area contributed by atoms with E-state index in [1.54, 1.807) is 107 Å². The number of phenols is 2. The van der Waals surface area contributed by atoms with Gasteiger partial charge in [0.2, 0.25) is 0 Å². The molecule has 10 heteroatoms. The molecule has 0 atom stereocenters. The van der Waals surface area contributed by atoms with Crippen molar-refractivity contribution >= 4 is 46.5 Å². The maximum Gasteiger partial charge on any atom is 0.257 e. The molecule has 0 bridgehead atoms. The van der Waals surface area contributed by atoms with Gasteiger partial charge < -0.3 is 20.0 Å². The maximum atomic E-state index is 12.9. The van der Waals surface area contributed by atoms with Gasteiger partial charge in [0.25, 0.3) is 11.8 Å². The molecule has 42 heavy (non-hydrogen) atoms. The SMILES string of the molecule is O=C(NC(=S)N(CCN(Cc1ccccc1O)C(=S)NC(=O)c1ccccc1)Cc1ccccc1O)c1ccccc1. The molecule has 0 fully saturated rings. The lowest BCUT2D eigenvalue weighted by atomic mass is 10.2. The number of nitrogens with zero attached hydrogens (tertiary/aromatic N) is 2. The molecule has 4 aromatic rings. The van der Waals surface area contributed by atoms with Crippen molar-refractivity contribution in [3.8, 4) is 11.5 Å². The first-order valence-electron chi connectivity index (χ1n) is 13.2. The van der Waals surface area contributed by atoms with E-state index in [4.69, 9.17) is 24.4 Å². The normalized spacial score (nSPS) is 10.4. The Hall–Kier alpha value is -4.80. The number of carbonyl (C=O) groups is 2. The molecule has 0 saturated heterocycles. The molecule has 0 aromatic heterocycles. The minimum atomic E-state index is -0.361. The number of amides is 2. The Morgan fingerprint density at radius 3 is 1.24 bits per heavy atom. The van der Waals surface area contributed by atoms with E-state index >= 15 is 0 Å². The van der Waals surface area contributed by atoms with Crippen LogP contribution in [-0.2, 0) is 13.1 Å². The van der Waals surface area contributed by atoms with E-state index in [-0.39, 0.29) is 59.7 Å². The number of para-hydroxylation sites is 2. The summed E-state index contributed by atoms with van der Waals surface area (Å²) in [7, 11) is 0. The highest BCUT2D eigenvalue weighted by atomic mass is 32.1. The van der Waals surface area contributed by atoms with E-state index in [1.165, 1.54) is 0 Å². The summed E-state index contributed by atoms with van der Waals surface area (Å²) in [4.78, 5) is 29.2. The number of thiocarbonyl (C=S) groups is 2. The number of rotatable bonds is 9.